The smallest absolute Gasteiger partial charge is 0.134 e. The molecule has 19 heavy (non-hydrogen) atoms. The van der Waals surface area contributed by atoms with Crippen LogP contribution in [0, 0.1) is 0 Å². The molecule has 2 heterocycles. The summed E-state index contributed by atoms with van der Waals surface area (Å²) in [6, 6.07) is 8.21. The average Bonchev–Trinajstić information content (AvgIpc) is 3.04. The minimum atomic E-state index is -0.0561. The zero-order chi connectivity index (χ0) is 13.2. The van der Waals surface area contributed by atoms with Crippen LogP contribution < -0.4 is 0 Å². The summed E-state index contributed by atoms with van der Waals surface area (Å²) in [6.07, 6.45) is 3.57. The van der Waals surface area contributed by atoms with Crippen LogP contribution in [0.15, 0.2) is 36.7 Å². The molecule has 0 saturated heterocycles. The topological polar surface area (TPSA) is 55.9 Å². The molecule has 0 fully saturated rings. The molecule has 0 bridgehead atoms. The van der Waals surface area contributed by atoms with Gasteiger partial charge in [0.25, 0.3) is 0 Å². The number of imidazole rings is 1. The van der Waals surface area contributed by atoms with Crippen molar-refractivity contribution in [2.75, 3.05) is 0 Å². The van der Waals surface area contributed by atoms with Crippen molar-refractivity contribution in [1.29, 1.82) is 0 Å². The van der Waals surface area contributed by atoms with Crippen LogP contribution in [0.5, 0.6) is 0 Å². The number of aliphatic hydroxyl groups is 1. The first-order valence-electron chi connectivity index (χ1n) is 6.38. The lowest BCUT2D eigenvalue weighted by atomic mass is 10.2. The largest absolute Gasteiger partial charge is 0.388 e. The monoisotopic (exact) mass is 256 g/mol. The fraction of sp³-hybridized carbons (Fsp3) is 0.286. The molecule has 0 aliphatic carbocycles. The van der Waals surface area contributed by atoms with Crippen molar-refractivity contribution in [3.05, 3.63) is 48.2 Å². The molecule has 0 atom stereocenters. The highest BCUT2D eigenvalue weighted by molar-refractivity contribution is 5.81. The Kier molecular flexibility index (Phi) is 3.05. The van der Waals surface area contributed by atoms with Gasteiger partial charge in [-0.2, -0.15) is 5.10 Å². The third-order valence-electron chi connectivity index (χ3n) is 3.30. The van der Waals surface area contributed by atoms with Crippen molar-refractivity contribution >= 4 is 10.9 Å². The second-order valence-corrected chi connectivity index (χ2v) is 4.41. The van der Waals surface area contributed by atoms with Gasteiger partial charge in [-0.1, -0.05) is 18.2 Å². The molecule has 3 aromatic rings. The second kappa shape index (κ2) is 4.85. The van der Waals surface area contributed by atoms with E-state index in [9.17, 15) is 5.11 Å². The molecule has 2 aromatic heterocycles. The lowest BCUT2D eigenvalue weighted by Gasteiger charge is -2.03. The highest BCUT2D eigenvalue weighted by Gasteiger charge is 2.11. The van der Waals surface area contributed by atoms with Crippen molar-refractivity contribution in [1.82, 2.24) is 19.3 Å². The highest BCUT2D eigenvalue weighted by atomic mass is 16.3. The molecule has 0 amide bonds. The molecule has 3 rings (SSSR count). The number of benzene rings is 1. The van der Waals surface area contributed by atoms with E-state index in [1.807, 2.05) is 27.6 Å². The van der Waals surface area contributed by atoms with Gasteiger partial charge >= 0.3 is 0 Å². The number of hydrogen-bond acceptors (Lipinski definition) is 3. The number of aliphatic hydroxyl groups excluding tert-OH is 1. The Hall–Kier alpha value is -2.14. The quantitative estimate of drug-likeness (QED) is 0.774. The van der Waals surface area contributed by atoms with Crippen molar-refractivity contribution < 1.29 is 5.11 Å². The molecule has 98 valence electrons. The predicted molar refractivity (Wildman–Crippen MR) is 72.7 cm³/mol. The molecule has 0 spiro atoms. The van der Waals surface area contributed by atoms with E-state index in [-0.39, 0.29) is 6.61 Å². The number of aromatic nitrogens is 4. The van der Waals surface area contributed by atoms with Gasteiger partial charge in [0.2, 0.25) is 0 Å². The maximum atomic E-state index is 9.24. The summed E-state index contributed by atoms with van der Waals surface area (Å²) >= 11 is 0. The van der Waals surface area contributed by atoms with Crippen LogP contribution >= 0.6 is 0 Å². The standard InChI is InChI=1S/C14H16N4O/c1-2-18-13-6-4-3-5-11(13)12(16-18)9-17-8-7-15-14(17)10-19/h3-8,19H,2,9-10H2,1H3. The molecular weight excluding hydrogens is 240 g/mol. The number of para-hydroxylation sites is 1. The Morgan fingerprint density at radius 2 is 2.11 bits per heavy atom. The summed E-state index contributed by atoms with van der Waals surface area (Å²) in [5.41, 5.74) is 2.15. The molecule has 5 nitrogen and oxygen atoms in total. The Morgan fingerprint density at radius 1 is 1.26 bits per heavy atom. The molecule has 1 aromatic carbocycles. The molecule has 5 heteroatoms. The maximum Gasteiger partial charge on any atom is 0.134 e. The van der Waals surface area contributed by atoms with E-state index >= 15 is 0 Å². The Morgan fingerprint density at radius 3 is 2.89 bits per heavy atom. The van der Waals surface area contributed by atoms with Gasteiger partial charge in [0.15, 0.2) is 0 Å². The summed E-state index contributed by atoms with van der Waals surface area (Å²) < 4.78 is 3.93. The van der Waals surface area contributed by atoms with Crippen LogP contribution in [-0.4, -0.2) is 24.4 Å². The van der Waals surface area contributed by atoms with Gasteiger partial charge in [-0.15, -0.1) is 0 Å². The van der Waals surface area contributed by atoms with Crippen LogP contribution in [0.3, 0.4) is 0 Å². The summed E-state index contributed by atoms with van der Waals surface area (Å²) in [5, 5.41) is 15.0. The minimum Gasteiger partial charge on any atom is -0.388 e. The highest BCUT2D eigenvalue weighted by Crippen LogP contribution is 2.19. The Labute approximate surface area is 111 Å². The van der Waals surface area contributed by atoms with Gasteiger partial charge in [0, 0.05) is 24.3 Å². The SMILES string of the molecule is CCn1nc(Cn2ccnc2CO)c2ccccc21. The van der Waals surface area contributed by atoms with Crippen molar-refractivity contribution in [3.8, 4) is 0 Å². The van der Waals surface area contributed by atoms with E-state index < -0.39 is 0 Å². The van der Waals surface area contributed by atoms with Crippen molar-refractivity contribution in [2.24, 2.45) is 0 Å². The van der Waals surface area contributed by atoms with Crippen LogP contribution in [0.25, 0.3) is 10.9 Å². The van der Waals surface area contributed by atoms with Crippen molar-refractivity contribution in [2.45, 2.75) is 26.6 Å². The van der Waals surface area contributed by atoms with E-state index in [4.69, 9.17) is 0 Å². The zero-order valence-electron chi connectivity index (χ0n) is 10.8. The van der Waals surface area contributed by atoms with Gasteiger partial charge < -0.3 is 9.67 Å². The van der Waals surface area contributed by atoms with Gasteiger partial charge in [0.05, 0.1) is 17.8 Å². The Bertz CT molecular complexity index is 698. The van der Waals surface area contributed by atoms with Crippen LogP contribution in [0.2, 0.25) is 0 Å². The fourth-order valence-electron chi connectivity index (χ4n) is 2.35. The van der Waals surface area contributed by atoms with E-state index in [2.05, 4.69) is 29.1 Å². The number of aryl methyl sites for hydroxylation is 1. The van der Waals surface area contributed by atoms with Gasteiger partial charge in [0.1, 0.15) is 12.4 Å². The summed E-state index contributed by atoms with van der Waals surface area (Å²) in [7, 11) is 0. The van der Waals surface area contributed by atoms with Gasteiger partial charge in [-0.3, -0.25) is 4.68 Å². The molecular formula is C14H16N4O. The summed E-state index contributed by atoms with van der Waals surface area (Å²) in [4.78, 5) is 4.12. The van der Waals surface area contributed by atoms with E-state index in [1.54, 1.807) is 6.20 Å². The van der Waals surface area contributed by atoms with Crippen LogP contribution in [0.1, 0.15) is 18.4 Å². The third-order valence-corrected chi connectivity index (χ3v) is 3.30. The number of rotatable bonds is 4. The molecule has 0 unspecified atom stereocenters. The summed E-state index contributed by atoms with van der Waals surface area (Å²) in [6.45, 7) is 3.50. The summed E-state index contributed by atoms with van der Waals surface area (Å²) in [5.74, 6) is 0.662. The Balaban J connectivity index is 2.06. The first-order chi connectivity index (χ1) is 9.33. The van der Waals surface area contributed by atoms with Crippen LogP contribution in [0.4, 0.5) is 0 Å². The first kappa shape index (κ1) is 11.9. The van der Waals surface area contributed by atoms with E-state index in [0.29, 0.717) is 12.4 Å². The maximum absolute atomic E-state index is 9.24. The zero-order valence-corrected chi connectivity index (χ0v) is 10.8. The normalized spacial score (nSPS) is 11.3. The number of fused-ring (bicyclic) bond motifs is 1. The van der Waals surface area contributed by atoms with E-state index in [0.717, 1.165) is 23.1 Å². The second-order valence-electron chi connectivity index (χ2n) is 4.41. The molecule has 0 radical (unpaired) electrons. The molecule has 0 saturated carbocycles. The lowest BCUT2D eigenvalue weighted by molar-refractivity contribution is 0.266. The molecule has 1 N–H and O–H groups in total. The average molecular weight is 256 g/mol. The number of hydrogen-bond donors (Lipinski definition) is 1. The van der Waals surface area contributed by atoms with Crippen molar-refractivity contribution in [3.63, 3.8) is 0 Å². The molecule has 0 aliphatic rings. The fourth-order valence-corrected chi connectivity index (χ4v) is 2.35. The van der Waals surface area contributed by atoms with E-state index in [1.165, 1.54) is 0 Å². The molecule has 0 aliphatic heterocycles. The first-order valence-corrected chi connectivity index (χ1v) is 6.38. The lowest BCUT2D eigenvalue weighted by Crippen LogP contribution is -2.06. The van der Waals surface area contributed by atoms with Crippen LogP contribution in [-0.2, 0) is 19.7 Å². The third kappa shape index (κ3) is 2.02. The van der Waals surface area contributed by atoms with Gasteiger partial charge in [-0.25, -0.2) is 4.98 Å². The van der Waals surface area contributed by atoms with Gasteiger partial charge in [-0.05, 0) is 13.0 Å². The number of nitrogens with zero attached hydrogens (tertiary/aromatic N) is 4. The minimum absolute atomic E-state index is 0.0561. The predicted octanol–water partition coefficient (Wildman–Crippen LogP) is 1.79.